The van der Waals surface area contributed by atoms with Crippen LogP contribution >= 0.6 is 0 Å². The van der Waals surface area contributed by atoms with Gasteiger partial charge in [0.25, 0.3) is 0 Å². The molecule has 1 saturated carbocycles. The molecule has 100 valence electrons. The van der Waals surface area contributed by atoms with Crippen LogP contribution in [0.25, 0.3) is 11.0 Å². The number of nitrogens with two attached hydrogens (primary N) is 1. The van der Waals surface area contributed by atoms with Crippen molar-refractivity contribution in [2.24, 2.45) is 0 Å². The molecule has 0 unspecified atom stereocenters. The van der Waals surface area contributed by atoms with Gasteiger partial charge in [0.15, 0.2) is 0 Å². The van der Waals surface area contributed by atoms with E-state index in [1.54, 1.807) is 6.20 Å². The van der Waals surface area contributed by atoms with Crippen molar-refractivity contribution in [1.29, 1.82) is 0 Å². The van der Waals surface area contributed by atoms with Gasteiger partial charge in [-0.15, -0.1) is 0 Å². The van der Waals surface area contributed by atoms with Gasteiger partial charge >= 0.3 is 0 Å². The van der Waals surface area contributed by atoms with Crippen molar-refractivity contribution in [1.82, 2.24) is 19.7 Å². The molecule has 2 aromatic heterocycles. The highest BCUT2D eigenvalue weighted by molar-refractivity contribution is 5.80. The zero-order valence-electron chi connectivity index (χ0n) is 11.0. The van der Waals surface area contributed by atoms with E-state index in [0.717, 1.165) is 28.2 Å². The molecule has 0 aliphatic heterocycles. The summed E-state index contributed by atoms with van der Waals surface area (Å²) >= 11 is 0. The number of aromatic nitrogens is 4. The molecular formula is C15H15N5. The monoisotopic (exact) mass is 265 g/mol. The van der Waals surface area contributed by atoms with Crippen LogP contribution in [0.1, 0.15) is 30.3 Å². The van der Waals surface area contributed by atoms with E-state index in [1.807, 2.05) is 30.3 Å². The summed E-state index contributed by atoms with van der Waals surface area (Å²) < 4.78 is 2.25. The van der Waals surface area contributed by atoms with E-state index in [1.165, 1.54) is 12.8 Å². The molecule has 0 spiro atoms. The highest BCUT2D eigenvalue weighted by Crippen LogP contribution is 2.41. The normalized spacial score (nSPS) is 14.8. The SMILES string of the molecule is Nc1ccc2c(c1)nc(C1CC1)n2Cc1cccnn1. The largest absolute Gasteiger partial charge is 0.399 e. The lowest BCUT2D eigenvalue weighted by Gasteiger charge is -2.07. The average molecular weight is 265 g/mol. The van der Waals surface area contributed by atoms with Crippen molar-refractivity contribution >= 4 is 16.7 Å². The van der Waals surface area contributed by atoms with Gasteiger partial charge < -0.3 is 10.3 Å². The Morgan fingerprint density at radius 2 is 2.15 bits per heavy atom. The van der Waals surface area contributed by atoms with E-state index in [-0.39, 0.29) is 0 Å². The number of hydrogen-bond donors (Lipinski definition) is 1. The van der Waals surface area contributed by atoms with Gasteiger partial charge in [-0.3, -0.25) is 0 Å². The van der Waals surface area contributed by atoms with Crippen LogP contribution < -0.4 is 5.73 Å². The van der Waals surface area contributed by atoms with Crippen molar-refractivity contribution in [3.05, 3.63) is 48.0 Å². The molecule has 2 heterocycles. The lowest BCUT2D eigenvalue weighted by Crippen LogP contribution is -2.06. The zero-order chi connectivity index (χ0) is 13.5. The molecule has 0 atom stereocenters. The van der Waals surface area contributed by atoms with Gasteiger partial charge in [0, 0.05) is 17.8 Å². The van der Waals surface area contributed by atoms with E-state index in [2.05, 4.69) is 14.8 Å². The highest BCUT2D eigenvalue weighted by Gasteiger charge is 2.29. The molecule has 5 nitrogen and oxygen atoms in total. The Hall–Kier alpha value is -2.43. The molecule has 1 aliphatic carbocycles. The fourth-order valence-electron chi connectivity index (χ4n) is 2.56. The second-order valence-electron chi connectivity index (χ2n) is 5.29. The molecule has 3 aromatic rings. The Morgan fingerprint density at radius 1 is 1.25 bits per heavy atom. The third-order valence-corrected chi connectivity index (χ3v) is 3.69. The second kappa shape index (κ2) is 4.30. The van der Waals surface area contributed by atoms with E-state index >= 15 is 0 Å². The van der Waals surface area contributed by atoms with Crippen LogP contribution in [0.15, 0.2) is 36.5 Å². The number of fused-ring (bicyclic) bond motifs is 1. The maximum atomic E-state index is 5.86. The van der Waals surface area contributed by atoms with E-state index < -0.39 is 0 Å². The minimum absolute atomic E-state index is 0.584. The molecule has 0 bridgehead atoms. The summed E-state index contributed by atoms with van der Waals surface area (Å²) in [6.45, 7) is 0.708. The van der Waals surface area contributed by atoms with Crippen LogP contribution in [0, 0.1) is 0 Å². The first-order chi connectivity index (χ1) is 9.81. The maximum Gasteiger partial charge on any atom is 0.113 e. The minimum atomic E-state index is 0.584. The van der Waals surface area contributed by atoms with Gasteiger partial charge in [-0.25, -0.2) is 4.98 Å². The van der Waals surface area contributed by atoms with E-state index in [0.29, 0.717) is 12.5 Å². The lowest BCUT2D eigenvalue weighted by atomic mass is 10.2. The smallest absolute Gasteiger partial charge is 0.113 e. The van der Waals surface area contributed by atoms with Crippen molar-refractivity contribution < 1.29 is 0 Å². The van der Waals surface area contributed by atoms with Crippen LogP contribution in [0.2, 0.25) is 0 Å². The molecule has 2 N–H and O–H groups in total. The molecule has 5 heteroatoms. The number of rotatable bonds is 3. The van der Waals surface area contributed by atoms with Gasteiger partial charge in [-0.1, -0.05) is 0 Å². The van der Waals surface area contributed by atoms with Crippen LogP contribution in [0.3, 0.4) is 0 Å². The number of benzene rings is 1. The first-order valence-electron chi connectivity index (χ1n) is 6.83. The number of hydrogen-bond acceptors (Lipinski definition) is 4. The first-order valence-corrected chi connectivity index (χ1v) is 6.83. The third kappa shape index (κ3) is 1.91. The van der Waals surface area contributed by atoms with Crippen LogP contribution in [0.5, 0.6) is 0 Å². The summed E-state index contributed by atoms with van der Waals surface area (Å²) in [5.41, 5.74) is 9.64. The molecule has 20 heavy (non-hydrogen) atoms. The predicted molar refractivity (Wildman–Crippen MR) is 77.3 cm³/mol. The summed E-state index contributed by atoms with van der Waals surface area (Å²) in [4.78, 5) is 4.77. The van der Waals surface area contributed by atoms with Crippen molar-refractivity contribution in [2.45, 2.75) is 25.3 Å². The quantitative estimate of drug-likeness (QED) is 0.738. The standard InChI is InChI=1S/C15H15N5/c16-11-5-6-14-13(8-11)18-15(10-3-4-10)20(14)9-12-2-1-7-17-19-12/h1-2,5-8,10H,3-4,9,16H2. The molecule has 1 aromatic carbocycles. The number of anilines is 1. The summed E-state index contributed by atoms with van der Waals surface area (Å²) in [6.07, 6.45) is 4.14. The number of imidazole rings is 1. The van der Waals surface area contributed by atoms with E-state index in [9.17, 15) is 0 Å². The molecule has 1 fully saturated rings. The second-order valence-corrected chi connectivity index (χ2v) is 5.29. The molecule has 0 amide bonds. The highest BCUT2D eigenvalue weighted by atomic mass is 15.1. The maximum absolute atomic E-state index is 5.86. The van der Waals surface area contributed by atoms with Gasteiger partial charge in [-0.2, -0.15) is 10.2 Å². The van der Waals surface area contributed by atoms with Crippen molar-refractivity contribution in [2.75, 3.05) is 5.73 Å². The molecule has 4 rings (SSSR count). The summed E-state index contributed by atoms with van der Waals surface area (Å²) in [7, 11) is 0. The van der Waals surface area contributed by atoms with Gasteiger partial charge in [0.2, 0.25) is 0 Å². The van der Waals surface area contributed by atoms with Crippen LogP contribution in [-0.2, 0) is 6.54 Å². The summed E-state index contributed by atoms with van der Waals surface area (Å²) in [5.74, 6) is 1.73. The molecule has 0 radical (unpaired) electrons. The Bertz CT molecular complexity index is 759. The topological polar surface area (TPSA) is 69.6 Å². The average Bonchev–Trinajstić information content (AvgIpc) is 3.24. The fourth-order valence-corrected chi connectivity index (χ4v) is 2.56. The minimum Gasteiger partial charge on any atom is -0.399 e. The zero-order valence-corrected chi connectivity index (χ0v) is 11.0. The third-order valence-electron chi connectivity index (χ3n) is 3.69. The van der Waals surface area contributed by atoms with E-state index in [4.69, 9.17) is 10.7 Å². The van der Waals surface area contributed by atoms with Crippen LogP contribution in [-0.4, -0.2) is 19.7 Å². The summed E-state index contributed by atoms with van der Waals surface area (Å²) in [5, 5.41) is 8.12. The van der Waals surface area contributed by atoms with Gasteiger partial charge in [0.1, 0.15) is 5.82 Å². The predicted octanol–water partition coefficient (Wildman–Crippen LogP) is 2.33. The van der Waals surface area contributed by atoms with Gasteiger partial charge in [0.05, 0.1) is 23.3 Å². The number of nitrogens with zero attached hydrogens (tertiary/aromatic N) is 4. The Kier molecular flexibility index (Phi) is 2.45. The Balaban J connectivity index is 1.85. The van der Waals surface area contributed by atoms with Crippen LogP contribution in [0.4, 0.5) is 5.69 Å². The van der Waals surface area contributed by atoms with Crippen molar-refractivity contribution in [3.63, 3.8) is 0 Å². The van der Waals surface area contributed by atoms with Crippen molar-refractivity contribution in [3.8, 4) is 0 Å². The lowest BCUT2D eigenvalue weighted by molar-refractivity contribution is 0.718. The Labute approximate surface area is 116 Å². The van der Waals surface area contributed by atoms with Gasteiger partial charge in [-0.05, 0) is 43.2 Å². The summed E-state index contributed by atoms with van der Waals surface area (Å²) in [6, 6.07) is 9.81. The first kappa shape index (κ1) is 11.4. The fraction of sp³-hybridized carbons (Fsp3) is 0.267. The molecular weight excluding hydrogens is 250 g/mol. The Morgan fingerprint density at radius 3 is 2.90 bits per heavy atom. The molecule has 1 aliphatic rings. The number of nitrogen functional groups attached to an aromatic ring is 1. The molecule has 0 saturated heterocycles.